The number of hydrogen-bond donors (Lipinski definition) is 0. The number of rotatable bonds is 3. The van der Waals surface area contributed by atoms with Gasteiger partial charge in [-0.25, -0.2) is 9.97 Å². The van der Waals surface area contributed by atoms with Gasteiger partial charge in [0.1, 0.15) is 5.69 Å². The molecule has 0 aliphatic heterocycles. The van der Waals surface area contributed by atoms with E-state index in [4.69, 9.17) is 9.97 Å². The molecule has 3 aromatic heterocycles. The molecule has 4 heteroatoms. The Bertz CT molecular complexity index is 3870. The van der Waals surface area contributed by atoms with E-state index in [-0.39, 0.29) is 0 Å². The summed E-state index contributed by atoms with van der Waals surface area (Å²) in [6.07, 6.45) is 0. The highest BCUT2D eigenvalue weighted by Gasteiger charge is 2.23. The molecule has 58 heavy (non-hydrogen) atoms. The lowest BCUT2D eigenvalue weighted by molar-refractivity contribution is 1.08. The van der Waals surface area contributed by atoms with Crippen molar-refractivity contribution in [2.45, 2.75) is 0 Å². The van der Waals surface area contributed by atoms with Crippen LogP contribution < -0.4 is 0 Å². The van der Waals surface area contributed by atoms with Gasteiger partial charge in [0.2, 0.25) is 0 Å². The maximum absolute atomic E-state index is 5.58. The molecule has 0 spiro atoms. The first kappa shape index (κ1) is 31.4. The maximum Gasteiger partial charge on any atom is 0.165 e. The fourth-order valence-corrected chi connectivity index (χ4v) is 9.57. The number of benzene rings is 10. The minimum Gasteiger partial charge on any atom is -0.309 e. The Labute approximate surface area is 332 Å². The lowest BCUT2D eigenvalue weighted by Gasteiger charge is -2.17. The summed E-state index contributed by atoms with van der Waals surface area (Å²) in [4.78, 5) is 11.1. The van der Waals surface area contributed by atoms with Crippen LogP contribution in [0.2, 0.25) is 0 Å². The van der Waals surface area contributed by atoms with Gasteiger partial charge in [-0.05, 0) is 104 Å². The minimum absolute atomic E-state index is 0.805. The summed E-state index contributed by atoms with van der Waals surface area (Å²) < 4.78 is 4.81. The molecule has 0 aliphatic carbocycles. The molecule has 0 fully saturated rings. The van der Waals surface area contributed by atoms with Gasteiger partial charge in [0, 0.05) is 32.8 Å². The molecule has 13 rings (SSSR count). The fraction of sp³-hybridized carbons (Fsp3) is 0. The summed E-state index contributed by atoms with van der Waals surface area (Å²) in [5, 5.41) is 14.4. The van der Waals surface area contributed by atoms with E-state index >= 15 is 0 Å². The molecule has 0 amide bonds. The van der Waals surface area contributed by atoms with E-state index in [1.807, 2.05) is 6.07 Å². The van der Waals surface area contributed by atoms with Crippen molar-refractivity contribution in [3.63, 3.8) is 0 Å². The van der Waals surface area contributed by atoms with E-state index in [2.05, 4.69) is 197 Å². The minimum atomic E-state index is 0.805. The molecule has 13 aromatic rings. The Morgan fingerprint density at radius 2 is 0.793 bits per heavy atom. The molecule has 0 unspecified atom stereocenters. The van der Waals surface area contributed by atoms with Crippen molar-refractivity contribution < 1.29 is 0 Å². The van der Waals surface area contributed by atoms with E-state index in [0.717, 1.165) is 50.2 Å². The van der Waals surface area contributed by atoms with Gasteiger partial charge in [-0.15, -0.1) is 0 Å². The lowest BCUT2D eigenvalue weighted by atomic mass is 9.95. The van der Waals surface area contributed by atoms with E-state index in [1.165, 1.54) is 70.3 Å². The van der Waals surface area contributed by atoms with Crippen molar-refractivity contribution in [2.24, 2.45) is 0 Å². The number of para-hydroxylation sites is 3. The third-order valence-corrected chi connectivity index (χ3v) is 12.2. The lowest BCUT2D eigenvalue weighted by Crippen LogP contribution is -2.04. The van der Waals surface area contributed by atoms with Gasteiger partial charge in [0.05, 0.1) is 33.1 Å². The zero-order valence-corrected chi connectivity index (χ0v) is 31.3. The second-order valence-electron chi connectivity index (χ2n) is 15.4. The van der Waals surface area contributed by atoms with Gasteiger partial charge in [-0.3, -0.25) is 4.57 Å². The average Bonchev–Trinajstić information content (AvgIpc) is 3.77. The SMILES string of the molecule is c1ccc2cc3c(cc2c1)c1ccccc1n3-c1ccc2c3cc4ccccc4cc3n(-c3nc4ccccc4nc3-c3cc4ccccc4c4ccccc34)c2c1. The molecule has 0 aliphatic rings. The number of hydrogen-bond acceptors (Lipinski definition) is 2. The largest absolute Gasteiger partial charge is 0.309 e. The number of nitrogens with zero attached hydrogens (tertiary/aromatic N) is 4. The molecule has 4 nitrogen and oxygen atoms in total. The van der Waals surface area contributed by atoms with Gasteiger partial charge in [0.15, 0.2) is 5.82 Å². The van der Waals surface area contributed by atoms with Crippen LogP contribution in [-0.4, -0.2) is 19.1 Å². The molecule has 0 radical (unpaired) electrons. The maximum atomic E-state index is 5.58. The molecule has 268 valence electrons. The molecule has 0 bridgehead atoms. The van der Waals surface area contributed by atoms with E-state index < -0.39 is 0 Å². The molecular weight excluding hydrogens is 705 g/mol. The molecule has 0 saturated heterocycles. The average molecular weight is 737 g/mol. The van der Waals surface area contributed by atoms with Crippen molar-refractivity contribution in [3.05, 3.63) is 194 Å². The van der Waals surface area contributed by atoms with Crippen LogP contribution in [0.3, 0.4) is 0 Å². The second kappa shape index (κ2) is 11.8. The van der Waals surface area contributed by atoms with Crippen LogP contribution >= 0.6 is 0 Å². The van der Waals surface area contributed by atoms with Gasteiger partial charge < -0.3 is 4.57 Å². The van der Waals surface area contributed by atoms with Crippen molar-refractivity contribution in [3.8, 4) is 22.8 Å². The molecule has 0 saturated carbocycles. The standard InChI is InChI=1S/C54H32N4/c1-3-15-35-30-50-44(27-33(35)13-1)42-21-9-12-24-49(42)57(50)38-25-26-43-45-28-34-14-2-4-16-36(34)31-51(45)58(52(43)32-38)54-53(55-47-22-10-11-23-48(47)56-54)46-29-37-17-5-6-18-39(37)40-19-7-8-20-41(40)46/h1-32H. The summed E-state index contributed by atoms with van der Waals surface area (Å²) >= 11 is 0. The van der Waals surface area contributed by atoms with Crippen LogP contribution in [0.25, 0.3) is 120 Å². The van der Waals surface area contributed by atoms with Gasteiger partial charge in [-0.1, -0.05) is 133 Å². The quantitative estimate of drug-likeness (QED) is 0.169. The van der Waals surface area contributed by atoms with Gasteiger partial charge in [0.25, 0.3) is 0 Å². The first-order valence-corrected chi connectivity index (χ1v) is 19.8. The zero-order valence-electron chi connectivity index (χ0n) is 31.3. The van der Waals surface area contributed by atoms with E-state index in [1.54, 1.807) is 0 Å². The first-order valence-electron chi connectivity index (χ1n) is 19.8. The third-order valence-electron chi connectivity index (χ3n) is 12.2. The van der Waals surface area contributed by atoms with Crippen molar-refractivity contribution in [2.75, 3.05) is 0 Å². The van der Waals surface area contributed by atoms with Crippen molar-refractivity contribution in [1.29, 1.82) is 0 Å². The Balaban J connectivity index is 1.19. The predicted octanol–water partition coefficient (Wildman–Crippen LogP) is 14.1. The summed E-state index contributed by atoms with van der Waals surface area (Å²) in [6.45, 7) is 0. The van der Waals surface area contributed by atoms with Crippen LogP contribution in [-0.2, 0) is 0 Å². The molecule has 0 N–H and O–H groups in total. The highest BCUT2D eigenvalue weighted by atomic mass is 15.1. The van der Waals surface area contributed by atoms with E-state index in [9.17, 15) is 0 Å². The van der Waals surface area contributed by atoms with E-state index in [0.29, 0.717) is 0 Å². The Morgan fingerprint density at radius 1 is 0.293 bits per heavy atom. The van der Waals surface area contributed by atoms with Crippen LogP contribution in [0.4, 0.5) is 0 Å². The Kier molecular flexibility index (Phi) is 6.41. The summed E-state index contributed by atoms with van der Waals surface area (Å²) in [5.74, 6) is 0.805. The molecular formula is C54H32N4. The van der Waals surface area contributed by atoms with Crippen molar-refractivity contribution >= 4 is 97.7 Å². The molecule has 0 atom stereocenters. The highest BCUT2D eigenvalue weighted by Crippen LogP contribution is 2.42. The second-order valence-corrected chi connectivity index (χ2v) is 15.4. The normalized spacial score (nSPS) is 12.1. The summed E-state index contributed by atoms with van der Waals surface area (Å²) in [7, 11) is 0. The summed E-state index contributed by atoms with van der Waals surface area (Å²) in [5.41, 5.74) is 9.24. The van der Waals surface area contributed by atoms with Gasteiger partial charge >= 0.3 is 0 Å². The number of aromatic nitrogens is 4. The Morgan fingerprint density at radius 3 is 1.50 bits per heavy atom. The van der Waals surface area contributed by atoms with Gasteiger partial charge in [-0.2, -0.15) is 0 Å². The fourth-order valence-electron chi connectivity index (χ4n) is 9.57. The Hall–Kier alpha value is -7.82. The third kappa shape index (κ3) is 4.45. The van der Waals surface area contributed by atoms with Crippen molar-refractivity contribution in [1.82, 2.24) is 19.1 Å². The smallest absolute Gasteiger partial charge is 0.165 e. The van der Waals surface area contributed by atoms with Crippen LogP contribution in [0.5, 0.6) is 0 Å². The van der Waals surface area contributed by atoms with Crippen LogP contribution in [0, 0.1) is 0 Å². The zero-order chi connectivity index (χ0) is 37.9. The monoisotopic (exact) mass is 736 g/mol. The molecule has 3 heterocycles. The van der Waals surface area contributed by atoms with Crippen LogP contribution in [0.15, 0.2) is 194 Å². The predicted molar refractivity (Wildman–Crippen MR) is 244 cm³/mol. The highest BCUT2D eigenvalue weighted by molar-refractivity contribution is 6.18. The topological polar surface area (TPSA) is 35.6 Å². The molecule has 10 aromatic carbocycles. The van der Waals surface area contributed by atoms with Crippen LogP contribution in [0.1, 0.15) is 0 Å². The summed E-state index contributed by atoms with van der Waals surface area (Å²) in [6, 6.07) is 70.3. The first-order chi connectivity index (χ1) is 28.7. The number of fused-ring (bicyclic) bond motifs is 12.